The van der Waals surface area contributed by atoms with Crippen LogP contribution in [0, 0.1) is 29.1 Å². The van der Waals surface area contributed by atoms with Gasteiger partial charge in [0.25, 0.3) is 5.97 Å². The van der Waals surface area contributed by atoms with Crippen LogP contribution in [0.4, 0.5) is 22.0 Å². The smallest absolute Gasteiger partial charge is 0.272 e. The van der Waals surface area contributed by atoms with Crippen LogP contribution in [-0.2, 0) is 20.3 Å². The van der Waals surface area contributed by atoms with E-state index in [0.29, 0.717) is 43.0 Å². The molecule has 30 heavy (non-hydrogen) atoms. The van der Waals surface area contributed by atoms with Crippen molar-refractivity contribution >= 4 is 10.5 Å². The van der Waals surface area contributed by atoms with Gasteiger partial charge in [0.1, 0.15) is 0 Å². The maximum atomic E-state index is 13.6. The number of halogens is 5. The second-order valence-corrected chi connectivity index (χ2v) is 7.54. The van der Waals surface area contributed by atoms with E-state index in [-0.39, 0.29) is 6.42 Å². The fourth-order valence-corrected chi connectivity index (χ4v) is 3.86. The average Bonchev–Trinajstić information content (AvgIpc) is 2.74. The van der Waals surface area contributed by atoms with Crippen LogP contribution in [0.2, 0.25) is 0 Å². The summed E-state index contributed by atoms with van der Waals surface area (Å²) in [6.45, 7) is 4.85. The van der Waals surface area contributed by atoms with E-state index in [1.165, 1.54) is 0 Å². The summed E-state index contributed by atoms with van der Waals surface area (Å²) in [6.07, 6.45) is 7.35. The van der Waals surface area contributed by atoms with Gasteiger partial charge in [-0.25, -0.2) is 22.0 Å². The molecule has 0 radical (unpaired) electrons. The highest BCUT2D eigenvalue weighted by Crippen LogP contribution is 2.25. The van der Waals surface area contributed by atoms with Crippen molar-refractivity contribution in [2.45, 2.75) is 84.0 Å². The number of unbranched alkanes of at least 4 members (excludes halogenated alkanes) is 7. The van der Waals surface area contributed by atoms with Crippen molar-refractivity contribution in [1.82, 2.24) is 0 Å². The zero-order valence-electron chi connectivity index (χ0n) is 18.1. The lowest BCUT2D eigenvalue weighted by molar-refractivity contribution is -0.344. The van der Waals surface area contributed by atoms with E-state index in [9.17, 15) is 22.0 Å². The molecule has 0 aliphatic carbocycles. The summed E-state index contributed by atoms with van der Waals surface area (Å²) in [5, 5.41) is 0. The lowest BCUT2D eigenvalue weighted by Crippen LogP contribution is -2.38. The molecule has 0 bridgehead atoms. The third-order valence-electron chi connectivity index (χ3n) is 5.00. The first kappa shape index (κ1) is 27.0. The van der Waals surface area contributed by atoms with E-state index in [4.69, 9.17) is 13.9 Å². The molecule has 1 aromatic carbocycles. The minimum absolute atomic E-state index is 0.164. The Morgan fingerprint density at radius 1 is 0.633 bits per heavy atom. The van der Waals surface area contributed by atoms with Crippen molar-refractivity contribution in [3.63, 3.8) is 0 Å². The molecule has 3 nitrogen and oxygen atoms in total. The molecule has 0 aliphatic rings. The summed E-state index contributed by atoms with van der Waals surface area (Å²) in [4.78, 5) is 0. The Labute approximate surface area is 178 Å². The number of benzene rings is 1. The molecular weight excluding hydrogens is 423 g/mol. The summed E-state index contributed by atoms with van der Waals surface area (Å²) in [5.41, 5.74) is -0.723. The van der Waals surface area contributed by atoms with Gasteiger partial charge in [-0.2, -0.15) is 0 Å². The molecule has 0 N–H and O–H groups in total. The SMILES string of the molecule is CCOC(CCCCCCCCCCc1c(F)c(F)c(F)c(F)c1F)(O[SiH3])OCC. The predicted molar refractivity (Wildman–Crippen MR) is 108 cm³/mol. The third-order valence-corrected chi connectivity index (χ3v) is 5.62. The molecule has 0 amide bonds. The molecule has 0 spiro atoms. The van der Waals surface area contributed by atoms with Crippen LogP contribution in [0.1, 0.15) is 77.2 Å². The summed E-state index contributed by atoms with van der Waals surface area (Å²) in [6, 6.07) is 0. The molecule has 0 fully saturated rings. The lowest BCUT2D eigenvalue weighted by Gasteiger charge is -2.31. The van der Waals surface area contributed by atoms with Gasteiger partial charge in [-0.1, -0.05) is 38.5 Å². The fraction of sp³-hybridized carbons (Fsp3) is 0.714. The lowest BCUT2D eigenvalue weighted by atomic mass is 10.0. The van der Waals surface area contributed by atoms with E-state index in [0.717, 1.165) is 38.5 Å². The monoisotopic (exact) mass is 456 g/mol. The third kappa shape index (κ3) is 7.90. The van der Waals surface area contributed by atoms with E-state index >= 15 is 0 Å². The van der Waals surface area contributed by atoms with Crippen molar-refractivity contribution in [2.75, 3.05) is 13.2 Å². The molecule has 0 heterocycles. The number of hydrogen-bond acceptors (Lipinski definition) is 3. The zero-order chi connectivity index (χ0) is 22.6. The molecule has 174 valence electrons. The molecule has 0 aliphatic heterocycles. The van der Waals surface area contributed by atoms with Crippen LogP contribution >= 0.6 is 0 Å². The summed E-state index contributed by atoms with van der Waals surface area (Å²) in [7, 11) is 0.526. The minimum atomic E-state index is -2.11. The molecule has 1 rings (SSSR count). The number of rotatable bonds is 16. The molecular formula is C21H33F5O3Si. The van der Waals surface area contributed by atoms with E-state index in [1.54, 1.807) is 0 Å². The van der Waals surface area contributed by atoms with Crippen molar-refractivity contribution in [2.24, 2.45) is 0 Å². The van der Waals surface area contributed by atoms with Crippen molar-refractivity contribution in [3.05, 3.63) is 34.6 Å². The van der Waals surface area contributed by atoms with Gasteiger partial charge in [-0.3, -0.25) is 0 Å². The standard InChI is InChI=1S/C21H33F5O3Si/c1-3-27-21(29-30,28-4-2)14-12-10-8-6-5-7-9-11-13-15-16(22)18(24)20(26)19(25)17(15)23/h3-14H2,1-2,30H3. The van der Waals surface area contributed by atoms with Crippen molar-refractivity contribution in [1.29, 1.82) is 0 Å². The highest BCUT2D eigenvalue weighted by atomic mass is 28.2. The van der Waals surface area contributed by atoms with Crippen LogP contribution in [0.3, 0.4) is 0 Å². The highest BCUT2D eigenvalue weighted by Gasteiger charge is 2.30. The first-order valence-electron chi connectivity index (χ1n) is 10.7. The Hall–Kier alpha value is -1.03. The normalized spacial score (nSPS) is 12.1. The van der Waals surface area contributed by atoms with Gasteiger partial charge in [0, 0.05) is 25.2 Å². The van der Waals surface area contributed by atoms with Gasteiger partial charge in [-0.05, 0) is 33.1 Å². The van der Waals surface area contributed by atoms with Crippen LogP contribution in [-0.4, -0.2) is 29.7 Å². The molecule has 0 aromatic heterocycles. The first-order chi connectivity index (χ1) is 14.3. The van der Waals surface area contributed by atoms with Gasteiger partial charge in [0.05, 0.1) is 0 Å². The molecule has 1 aromatic rings. The average molecular weight is 457 g/mol. The van der Waals surface area contributed by atoms with E-state index in [1.807, 2.05) is 13.8 Å². The van der Waals surface area contributed by atoms with E-state index in [2.05, 4.69) is 0 Å². The van der Waals surface area contributed by atoms with E-state index < -0.39 is 40.6 Å². The molecule has 9 heteroatoms. The van der Waals surface area contributed by atoms with Crippen LogP contribution in [0.5, 0.6) is 0 Å². The number of hydrogen-bond donors (Lipinski definition) is 0. The van der Waals surface area contributed by atoms with Crippen molar-refractivity contribution < 1.29 is 35.9 Å². The Kier molecular flexibility index (Phi) is 12.7. The Morgan fingerprint density at radius 3 is 1.47 bits per heavy atom. The Bertz CT molecular complexity index is 611. The Balaban J connectivity index is 2.22. The first-order valence-corrected chi connectivity index (χ1v) is 11.5. The van der Waals surface area contributed by atoms with Crippen LogP contribution in [0.25, 0.3) is 0 Å². The predicted octanol–water partition coefficient (Wildman–Crippen LogP) is 5.46. The van der Waals surface area contributed by atoms with Gasteiger partial charge in [-0.15, -0.1) is 0 Å². The summed E-state index contributed by atoms with van der Waals surface area (Å²) in [5.74, 6) is -10.2. The van der Waals surface area contributed by atoms with Gasteiger partial charge in [0.15, 0.2) is 33.8 Å². The fourth-order valence-electron chi connectivity index (χ4n) is 3.42. The Morgan fingerprint density at radius 2 is 1.03 bits per heavy atom. The zero-order valence-corrected chi connectivity index (χ0v) is 20.1. The van der Waals surface area contributed by atoms with Gasteiger partial charge in [0.2, 0.25) is 5.82 Å². The quantitative estimate of drug-likeness (QED) is 0.0826. The summed E-state index contributed by atoms with van der Waals surface area (Å²) >= 11 is 0. The number of ether oxygens (including phenoxy) is 2. The second kappa shape index (κ2) is 14.1. The molecule has 0 saturated heterocycles. The maximum Gasteiger partial charge on any atom is 0.272 e. The largest absolute Gasteiger partial charge is 0.380 e. The second-order valence-electron chi connectivity index (χ2n) is 7.13. The van der Waals surface area contributed by atoms with Crippen LogP contribution in [0.15, 0.2) is 0 Å². The highest BCUT2D eigenvalue weighted by molar-refractivity contribution is 5.98. The molecule has 0 atom stereocenters. The maximum absolute atomic E-state index is 13.6. The summed E-state index contributed by atoms with van der Waals surface area (Å²) < 4.78 is 83.4. The topological polar surface area (TPSA) is 27.7 Å². The van der Waals surface area contributed by atoms with Gasteiger partial charge < -0.3 is 13.9 Å². The van der Waals surface area contributed by atoms with Crippen molar-refractivity contribution in [3.8, 4) is 0 Å². The minimum Gasteiger partial charge on any atom is -0.380 e. The van der Waals surface area contributed by atoms with Crippen LogP contribution < -0.4 is 0 Å². The molecule has 0 unspecified atom stereocenters. The molecule has 0 saturated carbocycles. The van der Waals surface area contributed by atoms with Gasteiger partial charge >= 0.3 is 0 Å².